The van der Waals surface area contributed by atoms with Crippen molar-refractivity contribution in [3.05, 3.63) is 42.2 Å². The fourth-order valence-electron chi connectivity index (χ4n) is 2.16. The molecule has 0 radical (unpaired) electrons. The van der Waals surface area contributed by atoms with E-state index in [0.717, 1.165) is 11.3 Å². The van der Waals surface area contributed by atoms with Crippen molar-refractivity contribution >= 4 is 11.9 Å². The van der Waals surface area contributed by atoms with Crippen molar-refractivity contribution < 1.29 is 45.4 Å². The third-order valence-electron chi connectivity index (χ3n) is 3.14. The third kappa shape index (κ3) is 2.87. The monoisotopic (exact) mass is 520 g/mol. The number of ether oxygens (including phenoxy) is 2. The van der Waals surface area contributed by atoms with Gasteiger partial charge in [0.25, 0.3) is 0 Å². The Hall–Kier alpha value is -1.84. The molecule has 6 nitrogen and oxygen atoms in total. The molecule has 0 atom stereocenters. The Labute approximate surface area is 150 Å². The predicted molar refractivity (Wildman–Crippen MR) is 76.3 cm³/mol. The van der Waals surface area contributed by atoms with Crippen LogP contribution in [0.25, 0.3) is 16.9 Å². The summed E-state index contributed by atoms with van der Waals surface area (Å²) < 4.78 is 12.1. The number of carbonyl (C=O) groups excluding carboxylic acids is 1. The number of nitrogens with zero attached hydrogens (tertiary/aromatic N) is 3. The van der Waals surface area contributed by atoms with Gasteiger partial charge in [0.2, 0.25) is 0 Å². The summed E-state index contributed by atoms with van der Waals surface area (Å²) in [5, 5.41) is 4.16. The van der Waals surface area contributed by atoms with Crippen molar-refractivity contribution in [2.24, 2.45) is 0 Å². The van der Waals surface area contributed by atoms with Gasteiger partial charge in [0, 0.05) is 49.2 Å². The summed E-state index contributed by atoms with van der Waals surface area (Å²) in [7, 11) is 3.17. The van der Waals surface area contributed by atoms with Gasteiger partial charge < -0.3 is 14.3 Å². The molecule has 0 bridgehead atoms. The third-order valence-corrected chi connectivity index (χ3v) is 3.14. The maximum Gasteiger partial charge on any atom is 0.161 e. The van der Waals surface area contributed by atoms with Gasteiger partial charge in [-0.3, -0.25) is 4.98 Å². The quantitative estimate of drug-likeness (QED) is 0.492. The van der Waals surface area contributed by atoms with Crippen molar-refractivity contribution in [1.82, 2.24) is 14.6 Å². The second-order valence-electron chi connectivity index (χ2n) is 4.30. The standard InChI is InChI=1S/C15H12N3O3.U/c1-20-13-4-3-10(7-14(13)21-2)12-5-6-16-15-8-11(9-19)17-18(12)15;/h3-8H,1-2H3;/q-1;. The smallest absolute Gasteiger partial charge is 0.161 e. The minimum atomic E-state index is 0. The molecule has 0 N–H and O–H groups in total. The maximum atomic E-state index is 10.7. The van der Waals surface area contributed by atoms with Crippen molar-refractivity contribution in [2.45, 2.75) is 0 Å². The predicted octanol–water partition coefficient (Wildman–Crippen LogP) is 1.87. The zero-order valence-electron chi connectivity index (χ0n) is 12.0. The number of fused-ring (bicyclic) bond motifs is 1. The van der Waals surface area contributed by atoms with E-state index in [2.05, 4.69) is 10.1 Å². The number of methoxy groups -OCH3 is 2. The average molecular weight is 520 g/mol. The molecule has 0 spiro atoms. The van der Waals surface area contributed by atoms with E-state index < -0.39 is 0 Å². The summed E-state index contributed by atoms with van der Waals surface area (Å²) >= 11 is 0. The summed E-state index contributed by atoms with van der Waals surface area (Å²) in [5.41, 5.74) is 2.47. The van der Waals surface area contributed by atoms with Gasteiger partial charge in [-0.1, -0.05) is 0 Å². The summed E-state index contributed by atoms with van der Waals surface area (Å²) in [6, 6.07) is 8.95. The van der Waals surface area contributed by atoms with Gasteiger partial charge in [-0.2, -0.15) is 0 Å². The summed E-state index contributed by atoms with van der Waals surface area (Å²) in [6.07, 6.45) is 3.43. The molecule has 22 heavy (non-hydrogen) atoms. The van der Waals surface area contributed by atoms with Gasteiger partial charge in [0.15, 0.2) is 11.5 Å². The largest absolute Gasteiger partial charge is 0.493 e. The van der Waals surface area contributed by atoms with Crippen LogP contribution < -0.4 is 9.47 Å². The molecule has 0 aliphatic heterocycles. The molecule has 0 fully saturated rings. The Morgan fingerprint density at radius 1 is 1.09 bits per heavy atom. The first-order chi connectivity index (χ1) is 10.3. The minimum Gasteiger partial charge on any atom is -0.493 e. The molecule has 2 aromatic heterocycles. The fraction of sp³-hybridized carbons (Fsp3) is 0.133. The maximum absolute atomic E-state index is 10.7. The molecule has 1 aromatic carbocycles. The number of hydrogen-bond donors (Lipinski definition) is 0. The first kappa shape index (κ1) is 16.5. The molecule has 0 saturated heterocycles. The van der Waals surface area contributed by atoms with Crippen LogP contribution in [0.2, 0.25) is 0 Å². The Balaban J connectivity index is 0.00000176. The van der Waals surface area contributed by atoms with Crippen LogP contribution in [-0.2, 0) is 4.79 Å². The van der Waals surface area contributed by atoms with E-state index in [4.69, 9.17) is 9.47 Å². The minimum absolute atomic E-state index is 0. The Kier molecular flexibility index (Phi) is 5.22. The molecule has 0 unspecified atom stereocenters. The number of aromatic nitrogens is 3. The molecular formula is C15H12N3O3U-. The molecule has 7 heteroatoms. The van der Waals surface area contributed by atoms with Gasteiger partial charge in [0.1, 0.15) is 0 Å². The van der Waals surface area contributed by atoms with Crippen LogP contribution in [0.4, 0.5) is 0 Å². The van der Waals surface area contributed by atoms with Gasteiger partial charge in [-0.05, 0) is 30.0 Å². The van der Waals surface area contributed by atoms with E-state index >= 15 is 0 Å². The summed E-state index contributed by atoms with van der Waals surface area (Å²) in [5.74, 6) is 1.27. The number of benzene rings is 1. The normalized spacial score (nSPS) is 10.1. The molecule has 0 aliphatic rings. The van der Waals surface area contributed by atoms with Crippen molar-refractivity contribution in [1.29, 1.82) is 0 Å². The van der Waals surface area contributed by atoms with Gasteiger partial charge in [-0.15, -0.1) is 6.07 Å². The van der Waals surface area contributed by atoms with Crippen molar-refractivity contribution in [3.8, 4) is 22.8 Å². The zero-order valence-corrected chi connectivity index (χ0v) is 16.2. The van der Waals surface area contributed by atoms with E-state index in [1.165, 1.54) is 0 Å². The van der Waals surface area contributed by atoms with E-state index in [0.29, 0.717) is 17.1 Å². The average Bonchev–Trinajstić information content (AvgIpc) is 2.97. The molecular weight excluding hydrogens is 508 g/mol. The van der Waals surface area contributed by atoms with Crippen LogP contribution in [0.1, 0.15) is 5.69 Å². The van der Waals surface area contributed by atoms with Crippen LogP contribution in [0, 0.1) is 31.1 Å². The second kappa shape index (κ2) is 6.95. The van der Waals surface area contributed by atoms with Crippen LogP contribution in [0.15, 0.2) is 36.5 Å². The molecule has 3 rings (SSSR count). The molecule has 110 valence electrons. The molecule has 0 saturated carbocycles. The van der Waals surface area contributed by atoms with Gasteiger partial charge in [-0.25, -0.2) is 9.61 Å². The topological polar surface area (TPSA) is 65.7 Å². The summed E-state index contributed by atoms with van der Waals surface area (Å²) in [4.78, 5) is 14.9. The van der Waals surface area contributed by atoms with Gasteiger partial charge in [0.05, 0.1) is 25.6 Å². The fourth-order valence-corrected chi connectivity index (χ4v) is 2.16. The summed E-state index contributed by atoms with van der Waals surface area (Å²) in [6.45, 7) is 0. The van der Waals surface area contributed by atoms with Crippen LogP contribution in [0.5, 0.6) is 11.5 Å². The van der Waals surface area contributed by atoms with E-state index in [1.807, 2.05) is 24.3 Å². The Morgan fingerprint density at radius 2 is 1.86 bits per heavy atom. The van der Waals surface area contributed by atoms with Crippen LogP contribution in [0.3, 0.4) is 0 Å². The Morgan fingerprint density at radius 3 is 2.55 bits per heavy atom. The second-order valence-corrected chi connectivity index (χ2v) is 4.30. The number of hydrogen-bond acceptors (Lipinski definition) is 5. The molecule has 0 amide bonds. The van der Waals surface area contributed by atoms with Crippen molar-refractivity contribution in [3.63, 3.8) is 0 Å². The van der Waals surface area contributed by atoms with Crippen molar-refractivity contribution in [2.75, 3.05) is 14.2 Å². The van der Waals surface area contributed by atoms with E-state index in [9.17, 15) is 4.79 Å². The van der Waals surface area contributed by atoms with Gasteiger partial charge >= 0.3 is 0 Å². The zero-order chi connectivity index (χ0) is 14.8. The molecule has 3 aromatic rings. The SMILES string of the molecule is COc1ccc(-c2ccnc3cc([C-]=O)nn23)cc1OC.[U]. The van der Waals surface area contributed by atoms with Crippen LogP contribution >= 0.6 is 0 Å². The molecule has 2 heterocycles. The van der Waals surface area contributed by atoms with E-state index in [-0.39, 0.29) is 36.8 Å². The first-order valence-corrected chi connectivity index (χ1v) is 6.22. The number of rotatable bonds is 4. The Bertz CT molecular complexity index is 817. The molecule has 0 aliphatic carbocycles. The van der Waals surface area contributed by atoms with Crippen LogP contribution in [-0.4, -0.2) is 35.1 Å². The van der Waals surface area contributed by atoms with E-state index in [1.54, 1.807) is 37.3 Å². The first-order valence-electron chi connectivity index (χ1n) is 6.22.